The van der Waals surface area contributed by atoms with Gasteiger partial charge in [-0.1, -0.05) is 44.2 Å². The average molecular weight is 208 g/mol. The van der Waals surface area contributed by atoms with Gasteiger partial charge in [0.25, 0.3) is 0 Å². The second-order valence-electron chi connectivity index (χ2n) is 3.84. The lowest BCUT2D eigenvalue weighted by molar-refractivity contribution is -0.155. The van der Waals surface area contributed by atoms with Gasteiger partial charge in [0, 0.05) is 0 Å². The summed E-state index contributed by atoms with van der Waals surface area (Å²) in [7, 11) is 0. The first-order valence-corrected chi connectivity index (χ1v) is 5.01. The van der Waals surface area contributed by atoms with E-state index in [0.717, 1.165) is 0 Å². The summed E-state index contributed by atoms with van der Waals surface area (Å²) in [6.45, 7) is 4.23. The predicted octanol–water partition coefficient (Wildman–Crippen LogP) is 1.92. The van der Waals surface area contributed by atoms with Crippen molar-refractivity contribution in [1.82, 2.24) is 0 Å². The second kappa shape index (κ2) is 5.51. The smallest absolute Gasteiger partial charge is 0.339 e. The SMILES string of the molecule is CC(C)COC(=O)[C@@H](O)c1ccccc1. The summed E-state index contributed by atoms with van der Waals surface area (Å²) < 4.78 is 4.93. The molecule has 0 saturated carbocycles. The predicted molar refractivity (Wildman–Crippen MR) is 57.2 cm³/mol. The van der Waals surface area contributed by atoms with Crippen molar-refractivity contribution in [3.8, 4) is 0 Å². The first kappa shape index (κ1) is 11.7. The molecule has 0 heterocycles. The number of aliphatic hydroxyl groups is 1. The Morgan fingerprint density at radius 3 is 2.47 bits per heavy atom. The van der Waals surface area contributed by atoms with E-state index in [4.69, 9.17) is 4.74 Å². The minimum Gasteiger partial charge on any atom is -0.463 e. The molecule has 0 bridgehead atoms. The van der Waals surface area contributed by atoms with Crippen molar-refractivity contribution < 1.29 is 14.6 Å². The van der Waals surface area contributed by atoms with Crippen LogP contribution in [0.1, 0.15) is 25.5 Å². The molecule has 0 spiro atoms. The van der Waals surface area contributed by atoms with Crippen LogP contribution in [0.4, 0.5) is 0 Å². The zero-order valence-electron chi connectivity index (χ0n) is 9.01. The van der Waals surface area contributed by atoms with E-state index >= 15 is 0 Å². The van der Waals surface area contributed by atoms with Crippen LogP contribution in [-0.2, 0) is 9.53 Å². The molecule has 1 aromatic carbocycles. The molecule has 82 valence electrons. The third-order valence-electron chi connectivity index (χ3n) is 1.90. The van der Waals surface area contributed by atoms with Crippen LogP contribution in [0.15, 0.2) is 30.3 Å². The molecule has 1 atom stereocenters. The van der Waals surface area contributed by atoms with Gasteiger partial charge in [-0.05, 0) is 11.5 Å². The monoisotopic (exact) mass is 208 g/mol. The molecule has 0 fully saturated rings. The summed E-state index contributed by atoms with van der Waals surface area (Å²) in [6.07, 6.45) is -1.18. The van der Waals surface area contributed by atoms with E-state index in [1.54, 1.807) is 24.3 Å². The van der Waals surface area contributed by atoms with Gasteiger partial charge in [-0.2, -0.15) is 0 Å². The Kier molecular flexibility index (Phi) is 4.31. The van der Waals surface area contributed by atoms with Crippen LogP contribution < -0.4 is 0 Å². The fraction of sp³-hybridized carbons (Fsp3) is 0.417. The van der Waals surface area contributed by atoms with Crippen LogP contribution in [0.25, 0.3) is 0 Å². The Bertz CT molecular complexity index is 306. The third kappa shape index (κ3) is 3.72. The van der Waals surface area contributed by atoms with Crippen molar-refractivity contribution in [3.05, 3.63) is 35.9 Å². The lowest BCUT2D eigenvalue weighted by Crippen LogP contribution is -2.17. The van der Waals surface area contributed by atoms with Crippen LogP contribution in [0, 0.1) is 5.92 Å². The topological polar surface area (TPSA) is 46.5 Å². The highest BCUT2D eigenvalue weighted by molar-refractivity contribution is 5.76. The summed E-state index contributed by atoms with van der Waals surface area (Å²) in [5.74, 6) is -0.313. The number of carbonyl (C=O) groups is 1. The molecular formula is C12H16O3. The first-order chi connectivity index (χ1) is 7.11. The molecular weight excluding hydrogens is 192 g/mol. The maximum absolute atomic E-state index is 11.4. The Morgan fingerprint density at radius 1 is 1.33 bits per heavy atom. The van der Waals surface area contributed by atoms with E-state index in [9.17, 15) is 9.90 Å². The Labute approximate surface area is 89.7 Å². The fourth-order valence-corrected chi connectivity index (χ4v) is 1.10. The van der Waals surface area contributed by atoms with E-state index in [0.29, 0.717) is 12.2 Å². The largest absolute Gasteiger partial charge is 0.463 e. The Morgan fingerprint density at radius 2 is 1.93 bits per heavy atom. The van der Waals surface area contributed by atoms with E-state index in [1.165, 1.54) is 0 Å². The van der Waals surface area contributed by atoms with Crippen molar-refractivity contribution >= 4 is 5.97 Å². The molecule has 0 aliphatic heterocycles. The van der Waals surface area contributed by atoms with Crippen molar-refractivity contribution in [2.24, 2.45) is 5.92 Å². The summed E-state index contributed by atoms with van der Waals surface area (Å²) in [6, 6.07) is 8.76. The zero-order valence-corrected chi connectivity index (χ0v) is 9.01. The molecule has 3 heteroatoms. The molecule has 0 aliphatic rings. The van der Waals surface area contributed by atoms with Crippen LogP contribution in [0.3, 0.4) is 0 Å². The maximum Gasteiger partial charge on any atom is 0.339 e. The Balaban J connectivity index is 2.54. The summed E-state index contributed by atoms with van der Waals surface area (Å²) in [5, 5.41) is 9.63. The molecule has 0 aliphatic carbocycles. The molecule has 15 heavy (non-hydrogen) atoms. The van der Waals surface area contributed by atoms with E-state index in [1.807, 2.05) is 19.9 Å². The minimum absolute atomic E-state index is 0.275. The quantitative estimate of drug-likeness (QED) is 0.769. The number of hydrogen-bond donors (Lipinski definition) is 1. The van der Waals surface area contributed by atoms with Crippen molar-refractivity contribution in [3.63, 3.8) is 0 Å². The number of carbonyl (C=O) groups excluding carboxylic acids is 1. The van der Waals surface area contributed by atoms with Gasteiger partial charge in [0.15, 0.2) is 6.10 Å². The van der Waals surface area contributed by atoms with Crippen molar-refractivity contribution in [2.45, 2.75) is 20.0 Å². The van der Waals surface area contributed by atoms with Gasteiger partial charge >= 0.3 is 5.97 Å². The molecule has 1 N–H and O–H groups in total. The molecule has 0 saturated heterocycles. The molecule has 0 unspecified atom stereocenters. The van der Waals surface area contributed by atoms with Gasteiger partial charge in [-0.3, -0.25) is 0 Å². The molecule has 0 radical (unpaired) electrons. The number of benzene rings is 1. The highest BCUT2D eigenvalue weighted by atomic mass is 16.5. The maximum atomic E-state index is 11.4. The third-order valence-corrected chi connectivity index (χ3v) is 1.90. The minimum atomic E-state index is -1.18. The fourth-order valence-electron chi connectivity index (χ4n) is 1.10. The van der Waals surface area contributed by atoms with Crippen LogP contribution in [-0.4, -0.2) is 17.7 Å². The van der Waals surface area contributed by atoms with Crippen molar-refractivity contribution in [2.75, 3.05) is 6.61 Å². The van der Waals surface area contributed by atoms with Crippen LogP contribution >= 0.6 is 0 Å². The number of hydrogen-bond acceptors (Lipinski definition) is 3. The normalized spacial score (nSPS) is 12.5. The van der Waals surface area contributed by atoms with Gasteiger partial charge in [-0.15, -0.1) is 0 Å². The van der Waals surface area contributed by atoms with E-state index < -0.39 is 12.1 Å². The zero-order chi connectivity index (χ0) is 11.3. The standard InChI is InChI=1S/C12H16O3/c1-9(2)8-15-12(14)11(13)10-6-4-3-5-7-10/h3-7,9,11,13H,8H2,1-2H3/t11-/m0/s1. The number of aliphatic hydroxyl groups excluding tert-OH is 1. The lowest BCUT2D eigenvalue weighted by Gasteiger charge is -2.12. The van der Waals surface area contributed by atoms with Crippen LogP contribution in [0.5, 0.6) is 0 Å². The van der Waals surface area contributed by atoms with Crippen LogP contribution in [0.2, 0.25) is 0 Å². The lowest BCUT2D eigenvalue weighted by atomic mass is 10.1. The van der Waals surface area contributed by atoms with Crippen molar-refractivity contribution in [1.29, 1.82) is 0 Å². The highest BCUT2D eigenvalue weighted by Gasteiger charge is 2.18. The van der Waals surface area contributed by atoms with Gasteiger partial charge in [0.05, 0.1) is 6.61 Å². The number of esters is 1. The average Bonchev–Trinajstić information content (AvgIpc) is 2.26. The molecule has 1 aromatic rings. The van der Waals surface area contributed by atoms with Gasteiger partial charge in [0.1, 0.15) is 0 Å². The molecule has 1 rings (SSSR count). The van der Waals surface area contributed by atoms with Gasteiger partial charge < -0.3 is 9.84 Å². The van der Waals surface area contributed by atoms with E-state index in [2.05, 4.69) is 0 Å². The van der Waals surface area contributed by atoms with Gasteiger partial charge in [0.2, 0.25) is 0 Å². The second-order valence-corrected chi connectivity index (χ2v) is 3.84. The highest BCUT2D eigenvalue weighted by Crippen LogP contribution is 2.13. The summed E-state index contributed by atoms with van der Waals surface area (Å²) in [4.78, 5) is 11.4. The molecule has 3 nitrogen and oxygen atoms in total. The van der Waals surface area contributed by atoms with E-state index in [-0.39, 0.29) is 5.92 Å². The first-order valence-electron chi connectivity index (χ1n) is 5.01. The molecule has 0 aromatic heterocycles. The molecule has 0 amide bonds. The Hall–Kier alpha value is -1.35. The van der Waals surface area contributed by atoms with Gasteiger partial charge in [-0.25, -0.2) is 4.79 Å². The number of ether oxygens (including phenoxy) is 1. The number of rotatable bonds is 4. The summed E-state index contributed by atoms with van der Waals surface area (Å²) >= 11 is 0. The summed E-state index contributed by atoms with van der Waals surface area (Å²) in [5.41, 5.74) is 0.561.